The maximum atomic E-state index is 14.3. The molecule has 5 atom stereocenters. The average Bonchev–Trinajstić information content (AvgIpc) is 4.01. The van der Waals surface area contributed by atoms with E-state index in [-0.39, 0.29) is 54.2 Å². The van der Waals surface area contributed by atoms with E-state index in [1.165, 1.54) is 28.3 Å². The van der Waals surface area contributed by atoms with Gasteiger partial charge in [-0.05, 0) is 43.4 Å². The molecule has 5 amide bonds. The van der Waals surface area contributed by atoms with Crippen LogP contribution in [0.2, 0.25) is 0 Å². The fourth-order valence-corrected chi connectivity index (χ4v) is 6.74. The Bertz CT molecular complexity index is 2180. The third-order valence-corrected chi connectivity index (χ3v) is 9.43. The van der Waals surface area contributed by atoms with Crippen LogP contribution in [0.15, 0.2) is 88.2 Å². The van der Waals surface area contributed by atoms with E-state index in [4.69, 9.17) is 8.83 Å². The van der Waals surface area contributed by atoms with Crippen LogP contribution in [0.1, 0.15) is 94.5 Å². The summed E-state index contributed by atoms with van der Waals surface area (Å²) in [6.07, 6.45) is 4.27. The molecule has 17 heteroatoms. The number of nitrogens with zero attached hydrogens (tertiary/aromatic N) is 6. The Labute approximate surface area is 315 Å². The van der Waals surface area contributed by atoms with Crippen LogP contribution in [0.3, 0.4) is 0 Å². The molecule has 1 saturated heterocycles. The highest BCUT2D eigenvalue weighted by molar-refractivity contribution is 5.98. The van der Waals surface area contributed by atoms with Crippen LogP contribution in [-0.4, -0.2) is 84.1 Å². The topological polar surface area (TPSA) is 219 Å². The molecule has 4 bridgehead atoms. The van der Waals surface area contributed by atoms with E-state index in [0.717, 1.165) is 5.56 Å². The van der Waals surface area contributed by atoms with Crippen LogP contribution >= 0.6 is 0 Å². The summed E-state index contributed by atoms with van der Waals surface area (Å²) in [7, 11) is 0. The van der Waals surface area contributed by atoms with E-state index in [1.54, 1.807) is 19.1 Å². The first-order valence-corrected chi connectivity index (χ1v) is 18.0. The minimum absolute atomic E-state index is 0.0400. The second-order valence-corrected chi connectivity index (χ2v) is 14.0. The van der Waals surface area contributed by atoms with Gasteiger partial charge in [0.15, 0.2) is 17.1 Å². The molecule has 2 aliphatic rings. The fraction of sp³-hybridized carbons (Fsp3) is 0.342. The summed E-state index contributed by atoms with van der Waals surface area (Å²) < 4.78 is 12.8. The summed E-state index contributed by atoms with van der Waals surface area (Å²) >= 11 is 0. The van der Waals surface area contributed by atoms with Gasteiger partial charge in [-0.2, -0.15) is 0 Å². The van der Waals surface area contributed by atoms with Crippen molar-refractivity contribution in [3.8, 4) is 5.69 Å². The summed E-state index contributed by atoms with van der Waals surface area (Å²) in [5, 5.41) is 19.5. The van der Waals surface area contributed by atoms with Gasteiger partial charge in [0.05, 0.1) is 11.9 Å². The maximum absolute atomic E-state index is 14.3. The maximum Gasteiger partial charge on any atom is 0.276 e. The van der Waals surface area contributed by atoms with E-state index >= 15 is 0 Å². The summed E-state index contributed by atoms with van der Waals surface area (Å²) in [5.41, 5.74) is 1.44. The molecule has 3 aromatic heterocycles. The number of benzene rings is 2. The quantitative estimate of drug-likeness (QED) is 0.190. The van der Waals surface area contributed by atoms with E-state index in [2.05, 4.69) is 41.5 Å². The van der Waals surface area contributed by atoms with Crippen molar-refractivity contribution < 1.29 is 32.8 Å². The van der Waals surface area contributed by atoms with Crippen LogP contribution in [0.25, 0.3) is 5.69 Å². The normalized spacial score (nSPS) is 22.0. The highest BCUT2D eigenvalue weighted by Gasteiger charge is 2.43. The van der Waals surface area contributed by atoms with Gasteiger partial charge in [-0.3, -0.25) is 24.0 Å². The van der Waals surface area contributed by atoms with Gasteiger partial charge in [0.1, 0.15) is 36.7 Å². The second kappa shape index (κ2) is 15.8. The lowest BCUT2D eigenvalue weighted by molar-refractivity contribution is -0.126. The molecule has 17 nitrogen and oxygen atoms in total. The molecule has 0 aliphatic carbocycles. The van der Waals surface area contributed by atoms with Crippen molar-refractivity contribution in [1.82, 2.24) is 51.1 Å². The smallest absolute Gasteiger partial charge is 0.276 e. The molecule has 2 aliphatic heterocycles. The highest BCUT2D eigenvalue weighted by atomic mass is 16.3. The zero-order chi connectivity index (χ0) is 38.6. The Balaban J connectivity index is 1.22. The number of oxazole rings is 2. The largest absolute Gasteiger partial charge is 0.446 e. The lowest BCUT2D eigenvalue weighted by Crippen LogP contribution is -2.48. The number of para-hydroxylation sites is 1. The van der Waals surface area contributed by atoms with Gasteiger partial charge in [-0.1, -0.05) is 67.6 Å². The van der Waals surface area contributed by atoms with Crippen LogP contribution in [0.5, 0.6) is 0 Å². The number of carbonyl (C=O) groups excluding carboxylic acids is 5. The SMILES string of the molecule is CC(C)C[C@H]1NC(=O)c2coc(n2)[C@H](Cc2ccccc2)NC(=O)[C@@H]2C[C@H](NC(=O)c3cnnn3-c3ccccc3)CN2C(=O)c2coc(n2)[C@@H](C)NC1=O. The molecule has 284 valence electrons. The van der Waals surface area contributed by atoms with Crippen LogP contribution in [-0.2, 0) is 16.0 Å². The van der Waals surface area contributed by atoms with Crippen molar-refractivity contribution >= 4 is 29.5 Å². The van der Waals surface area contributed by atoms with Gasteiger partial charge in [0, 0.05) is 19.0 Å². The van der Waals surface area contributed by atoms with Crippen molar-refractivity contribution in [2.75, 3.05) is 6.54 Å². The predicted octanol–water partition coefficient (Wildman–Crippen LogP) is 2.69. The molecule has 55 heavy (non-hydrogen) atoms. The van der Waals surface area contributed by atoms with Crippen LogP contribution < -0.4 is 21.3 Å². The molecule has 5 aromatic rings. The molecule has 4 N–H and O–H groups in total. The number of hydrogen-bond donors (Lipinski definition) is 4. The Morgan fingerprint density at radius 2 is 1.56 bits per heavy atom. The Morgan fingerprint density at radius 1 is 0.873 bits per heavy atom. The molecule has 0 radical (unpaired) electrons. The standard InChI is InChI=1S/C38H40N10O7/c1-21(2)14-26-32(49)40-22(3)36-45-29(20-54-36)38(53)47-18-24(41-35(52)31-17-39-46-48(31)25-12-8-5-9-13-25)16-30(47)34(51)43-27(15-23-10-6-4-7-11-23)37-44-28(19-55-37)33(50)42-26/h4-13,17,19-22,24,26-27,30H,14-16,18H2,1-3H3,(H,40,49)(H,41,52)(H,42,50)(H,43,51)/t22-,24+,26-,27+,30+/m1/s1. The van der Waals surface area contributed by atoms with Crippen molar-refractivity contribution in [1.29, 1.82) is 0 Å². The monoisotopic (exact) mass is 748 g/mol. The average molecular weight is 749 g/mol. The van der Waals surface area contributed by atoms with Crippen molar-refractivity contribution in [3.63, 3.8) is 0 Å². The highest BCUT2D eigenvalue weighted by Crippen LogP contribution is 2.26. The summed E-state index contributed by atoms with van der Waals surface area (Å²) in [4.78, 5) is 79.2. The van der Waals surface area contributed by atoms with Crippen LogP contribution in [0, 0.1) is 5.92 Å². The first-order valence-electron chi connectivity index (χ1n) is 18.0. The summed E-state index contributed by atoms with van der Waals surface area (Å²) in [6, 6.07) is 14.0. The van der Waals surface area contributed by atoms with Crippen molar-refractivity contribution in [3.05, 3.63) is 114 Å². The van der Waals surface area contributed by atoms with E-state index in [1.807, 2.05) is 62.4 Å². The molecule has 0 saturated carbocycles. The van der Waals surface area contributed by atoms with Gasteiger partial charge in [-0.15, -0.1) is 5.10 Å². The molecule has 2 aromatic carbocycles. The van der Waals surface area contributed by atoms with Crippen LogP contribution in [0.4, 0.5) is 0 Å². The Morgan fingerprint density at radius 3 is 2.31 bits per heavy atom. The number of amides is 5. The van der Waals surface area contributed by atoms with Gasteiger partial charge in [0.25, 0.3) is 17.7 Å². The second-order valence-electron chi connectivity index (χ2n) is 14.0. The zero-order valence-electron chi connectivity index (χ0n) is 30.3. The molecule has 0 spiro atoms. The number of aromatic nitrogens is 5. The Kier molecular flexibility index (Phi) is 10.5. The third kappa shape index (κ3) is 8.14. The van der Waals surface area contributed by atoms with Gasteiger partial charge in [-0.25, -0.2) is 14.6 Å². The predicted molar refractivity (Wildman–Crippen MR) is 193 cm³/mol. The molecule has 5 heterocycles. The van der Waals surface area contributed by atoms with Crippen molar-refractivity contribution in [2.45, 2.75) is 70.2 Å². The third-order valence-electron chi connectivity index (χ3n) is 9.43. The van der Waals surface area contributed by atoms with E-state index < -0.39 is 59.7 Å². The molecular formula is C38H40N10O7. The Hall–Kier alpha value is -6.65. The lowest BCUT2D eigenvalue weighted by Gasteiger charge is -2.25. The van der Waals surface area contributed by atoms with Gasteiger partial charge >= 0.3 is 0 Å². The van der Waals surface area contributed by atoms with Crippen molar-refractivity contribution in [2.24, 2.45) is 5.92 Å². The number of hydrogen-bond acceptors (Lipinski definition) is 11. The number of rotatable bonds is 7. The van der Waals surface area contributed by atoms with Gasteiger partial charge < -0.3 is 35.0 Å². The van der Waals surface area contributed by atoms with Gasteiger partial charge in [0.2, 0.25) is 23.6 Å². The number of nitrogens with one attached hydrogen (secondary N) is 4. The molecular weight excluding hydrogens is 708 g/mol. The molecule has 0 unspecified atom stereocenters. The fourth-order valence-electron chi connectivity index (χ4n) is 6.74. The first kappa shape index (κ1) is 36.7. The number of carbonyl (C=O) groups is 5. The summed E-state index contributed by atoms with van der Waals surface area (Å²) in [6.45, 7) is 5.43. The van der Waals surface area contributed by atoms with E-state index in [0.29, 0.717) is 12.1 Å². The zero-order valence-corrected chi connectivity index (χ0v) is 30.3. The first-order chi connectivity index (χ1) is 26.5. The lowest BCUT2D eigenvalue weighted by atomic mass is 10.0. The minimum atomic E-state index is -1.08. The molecule has 7 rings (SSSR count). The van der Waals surface area contributed by atoms with E-state index in [9.17, 15) is 24.0 Å². The summed E-state index contributed by atoms with van der Waals surface area (Å²) in [5.74, 6) is -2.66. The minimum Gasteiger partial charge on any atom is -0.446 e. The molecule has 1 fully saturated rings. The number of fused-ring (bicyclic) bond motifs is 5.